The maximum Gasteiger partial charge on any atom is 0.306 e. The Kier molecular flexibility index (Phi) is 58.9. The lowest BCUT2D eigenvalue weighted by atomic mass is 10.1. The Bertz CT molecular complexity index is 1570. The molecule has 0 rings (SSSR count). The maximum atomic E-state index is 12.8. The number of unbranched alkanes of at least 4 members (excludes halogenated alkanes) is 24. The number of hydrogen-bond donors (Lipinski definition) is 0. The molecule has 6 heteroatoms. The average Bonchev–Trinajstić information content (AvgIpc) is 3.41. The topological polar surface area (TPSA) is 78.9 Å². The molecule has 0 N–H and O–H groups in total. The Morgan fingerprint density at radius 3 is 0.853 bits per heavy atom. The molecule has 0 aliphatic rings. The summed E-state index contributed by atoms with van der Waals surface area (Å²) in [6, 6.07) is 0. The van der Waals surface area contributed by atoms with Gasteiger partial charge in [-0.3, -0.25) is 14.4 Å². The third-order valence-corrected chi connectivity index (χ3v) is 13.0. The first-order chi connectivity index (χ1) is 37.0. The van der Waals surface area contributed by atoms with Gasteiger partial charge >= 0.3 is 17.9 Å². The molecule has 426 valence electrons. The van der Waals surface area contributed by atoms with Crippen LogP contribution in [0, 0.1) is 0 Å². The van der Waals surface area contributed by atoms with Crippen LogP contribution >= 0.6 is 0 Å². The van der Waals surface area contributed by atoms with Crippen LogP contribution in [0.15, 0.2) is 122 Å². The van der Waals surface area contributed by atoms with E-state index in [0.29, 0.717) is 19.3 Å². The molecule has 0 bridgehead atoms. The highest BCUT2D eigenvalue weighted by atomic mass is 16.6. The molecule has 6 nitrogen and oxygen atoms in total. The van der Waals surface area contributed by atoms with E-state index in [1.807, 2.05) is 0 Å². The fourth-order valence-corrected chi connectivity index (χ4v) is 8.30. The van der Waals surface area contributed by atoms with Gasteiger partial charge in [0.15, 0.2) is 6.10 Å². The lowest BCUT2D eigenvalue weighted by molar-refractivity contribution is -0.167. The summed E-state index contributed by atoms with van der Waals surface area (Å²) in [5.74, 6) is -0.909. The van der Waals surface area contributed by atoms with Crippen LogP contribution in [0.25, 0.3) is 0 Å². The quantitative estimate of drug-likeness (QED) is 0.0261. The number of hydrogen-bond acceptors (Lipinski definition) is 6. The van der Waals surface area contributed by atoms with Gasteiger partial charge in [0.2, 0.25) is 0 Å². The van der Waals surface area contributed by atoms with Gasteiger partial charge in [-0.05, 0) is 109 Å². The molecule has 75 heavy (non-hydrogen) atoms. The molecule has 1 unspecified atom stereocenters. The number of ether oxygens (including phenoxy) is 3. The van der Waals surface area contributed by atoms with Gasteiger partial charge in [0, 0.05) is 19.3 Å². The van der Waals surface area contributed by atoms with E-state index < -0.39 is 6.10 Å². The van der Waals surface area contributed by atoms with E-state index in [1.165, 1.54) is 96.3 Å². The standard InChI is InChI=1S/C69H114O6/c1-4-7-10-13-16-19-22-24-26-27-28-29-30-31-32-33-34-35-36-37-38-39-40-41-42-43-44-46-47-50-53-56-59-62-68(71)74-65-66(64-73-67(70)61-58-55-52-49-21-18-15-12-9-6-3)75-69(72)63-60-57-54-51-48-45-25-23-20-17-14-11-8-5-2/h7,10,14,16-17,19,23-26,28-29,31-32,34-35,37-38,40-41,66H,4-6,8-9,11-13,15,18,20-22,27,30,33,36,39,42-65H2,1-3H3/b10-7-,17-14-,19-16-,25-23-,26-24-,29-28-,32-31-,35-34-,38-37-,41-40-. The van der Waals surface area contributed by atoms with Crippen molar-refractivity contribution in [3.8, 4) is 0 Å². The summed E-state index contributed by atoms with van der Waals surface area (Å²) in [6.45, 7) is 6.46. The van der Waals surface area contributed by atoms with Crippen molar-refractivity contribution in [2.24, 2.45) is 0 Å². The third-order valence-electron chi connectivity index (χ3n) is 13.0. The predicted octanol–water partition coefficient (Wildman–Crippen LogP) is 21.2. The van der Waals surface area contributed by atoms with Gasteiger partial charge in [0.05, 0.1) is 0 Å². The highest BCUT2D eigenvalue weighted by molar-refractivity contribution is 5.71. The Balaban J connectivity index is 4.21. The van der Waals surface area contributed by atoms with Crippen molar-refractivity contribution < 1.29 is 28.6 Å². The van der Waals surface area contributed by atoms with Crippen LogP contribution in [0.4, 0.5) is 0 Å². The average molecular weight is 1040 g/mol. The number of rotatable bonds is 55. The zero-order valence-corrected chi connectivity index (χ0v) is 48.8. The van der Waals surface area contributed by atoms with Crippen LogP contribution in [-0.4, -0.2) is 37.2 Å². The van der Waals surface area contributed by atoms with Crippen LogP contribution in [0.2, 0.25) is 0 Å². The summed E-state index contributed by atoms with van der Waals surface area (Å²) in [7, 11) is 0. The molecule has 0 amide bonds. The van der Waals surface area contributed by atoms with Gasteiger partial charge in [-0.25, -0.2) is 0 Å². The van der Waals surface area contributed by atoms with Crippen LogP contribution in [0.1, 0.15) is 278 Å². The molecule has 0 spiro atoms. The van der Waals surface area contributed by atoms with Crippen molar-refractivity contribution in [2.75, 3.05) is 13.2 Å². The maximum absolute atomic E-state index is 12.8. The van der Waals surface area contributed by atoms with Crippen LogP contribution in [0.5, 0.6) is 0 Å². The van der Waals surface area contributed by atoms with Crippen LogP contribution in [-0.2, 0) is 28.6 Å². The third kappa shape index (κ3) is 60.6. The Labute approximate surface area is 462 Å². The number of allylic oxidation sites excluding steroid dienone is 20. The van der Waals surface area contributed by atoms with Gasteiger partial charge in [-0.15, -0.1) is 0 Å². The van der Waals surface area contributed by atoms with Gasteiger partial charge < -0.3 is 14.2 Å². The van der Waals surface area contributed by atoms with E-state index in [1.54, 1.807) is 0 Å². The van der Waals surface area contributed by atoms with Crippen molar-refractivity contribution in [3.63, 3.8) is 0 Å². The van der Waals surface area contributed by atoms with E-state index >= 15 is 0 Å². The van der Waals surface area contributed by atoms with Crippen LogP contribution < -0.4 is 0 Å². The molecule has 1 atom stereocenters. The van der Waals surface area contributed by atoms with E-state index in [4.69, 9.17) is 14.2 Å². The fourth-order valence-electron chi connectivity index (χ4n) is 8.30. The summed E-state index contributed by atoms with van der Waals surface area (Å²) in [5.41, 5.74) is 0. The summed E-state index contributed by atoms with van der Waals surface area (Å²) in [6.07, 6.45) is 86.4. The van der Waals surface area contributed by atoms with Crippen molar-refractivity contribution in [2.45, 2.75) is 284 Å². The predicted molar refractivity (Wildman–Crippen MR) is 325 cm³/mol. The van der Waals surface area contributed by atoms with Crippen molar-refractivity contribution in [3.05, 3.63) is 122 Å². The first kappa shape index (κ1) is 70.8. The second-order valence-corrected chi connectivity index (χ2v) is 20.2. The monoisotopic (exact) mass is 1040 g/mol. The van der Waals surface area contributed by atoms with Gasteiger partial charge in [-0.2, -0.15) is 0 Å². The molecule has 0 saturated carbocycles. The second kappa shape index (κ2) is 62.4. The largest absolute Gasteiger partial charge is 0.462 e. The number of esters is 3. The SMILES string of the molecule is CC/C=C\C/C=C\C/C=C\C/C=C\C/C=C\C/C=C\C/C=C\C/C=C\CCCCCCCCCCC(=O)OCC(COC(=O)CCCCCCCCCCCC)OC(=O)CCCCCCC/C=C\C/C=C\CCCC. The van der Waals surface area contributed by atoms with Crippen molar-refractivity contribution in [1.82, 2.24) is 0 Å². The molecule has 0 aliphatic carbocycles. The molecular formula is C69H114O6. The van der Waals surface area contributed by atoms with E-state index in [-0.39, 0.29) is 31.1 Å². The Hall–Kier alpha value is -4.19. The highest BCUT2D eigenvalue weighted by Crippen LogP contribution is 2.15. The van der Waals surface area contributed by atoms with E-state index in [0.717, 1.165) is 141 Å². The number of carbonyl (C=O) groups is 3. The van der Waals surface area contributed by atoms with Crippen molar-refractivity contribution >= 4 is 17.9 Å². The molecule has 0 aromatic rings. The molecular weight excluding hydrogens is 925 g/mol. The van der Waals surface area contributed by atoms with Gasteiger partial charge in [0.25, 0.3) is 0 Å². The summed E-state index contributed by atoms with van der Waals surface area (Å²) >= 11 is 0. The normalized spacial score (nSPS) is 12.9. The molecule has 0 aromatic carbocycles. The first-order valence-corrected chi connectivity index (χ1v) is 31.0. The summed E-state index contributed by atoms with van der Waals surface area (Å²) in [4.78, 5) is 38.1. The minimum atomic E-state index is -0.789. The van der Waals surface area contributed by atoms with Crippen LogP contribution in [0.3, 0.4) is 0 Å². The van der Waals surface area contributed by atoms with E-state index in [9.17, 15) is 14.4 Å². The molecule has 0 aliphatic heterocycles. The van der Waals surface area contributed by atoms with Gasteiger partial charge in [-0.1, -0.05) is 271 Å². The molecule has 0 heterocycles. The molecule has 0 fully saturated rings. The zero-order chi connectivity index (χ0) is 54.3. The summed E-state index contributed by atoms with van der Waals surface area (Å²) < 4.78 is 16.8. The highest BCUT2D eigenvalue weighted by Gasteiger charge is 2.19. The van der Waals surface area contributed by atoms with Crippen molar-refractivity contribution in [1.29, 1.82) is 0 Å². The zero-order valence-electron chi connectivity index (χ0n) is 48.8. The minimum absolute atomic E-state index is 0.0857. The van der Waals surface area contributed by atoms with Gasteiger partial charge in [0.1, 0.15) is 13.2 Å². The minimum Gasteiger partial charge on any atom is -0.462 e. The fraction of sp³-hybridized carbons (Fsp3) is 0.667. The lowest BCUT2D eigenvalue weighted by Gasteiger charge is -2.18. The second-order valence-electron chi connectivity index (χ2n) is 20.2. The first-order valence-electron chi connectivity index (χ1n) is 31.0. The Morgan fingerprint density at radius 1 is 0.280 bits per heavy atom. The summed E-state index contributed by atoms with van der Waals surface area (Å²) in [5, 5.41) is 0. The molecule has 0 aromatic heterocycles. The molecule has 0 saturated heterocycles. The molecule has 0 radical (unpaired) electrons. The smallest absolute Gasteiger partial charge is 0.306 e. The lowest BCUT2D eigenvalue weighted by Crippen LogP contribution is -2.30. The van der Waals surface area contributed by atoms with E-state index in [2.05, 4.69) is 142 Å². The Morgan fingerprint density at radius 2 is 0.533 bits per heavy atom. The number of carbonyl (C=O) groups excluding carboxylic acids is 3.